The lowest BCUT2D eigenvalue weighted by Gasteiger charge is -2.22. The number of carbonyl (C=O) groups excluding carboxylic acids is 1. The van der Waals surface area contributed by atoms with E-state index in [0.29, 0.717) is 17.5 Å². The molecule has 0 atom stereocenters. The van der Waals surface area contributed by atoms with Crippen LogP contribution in [0.4, 0.5) is 0 Å². The monoisotopic (exact) mass is 331 g/mol. The molecule has 0 spiro atoms. The molecule has 0 unspecified atom stereocenters. The van der Waals surface area contributed by atoms with Gasteiger partial charge in [-0.1, -0.05) is 44.1 Å². The van der Waals surface area contributed by atoms with Crippen LogP contribution in [-0.4, -0.2) is 23.2 Å². The molecule has 24 heavy (non-hydrogen) atoms. The third-order valence-corrected chi connectivity index (χ3v) is 3.62. The Bertz CT molecular complexity index is 714. The molecule has 0 aliphatic rings. The van der Waals surface area contributed by atoms with E-state index in [0.717, 1.165) is 5.56 Å². The van der Waals surface area contributed by atoms with Gasteiger partial charge in [-0.15, -0.1) is 0 Å². The molecular formula is C18H25N3O3. The third-order valence-electron chi connectivity index (χ3n) is 3.62. The summed E-state index contributed by atoms with van der Waals surface area (Å²) in [6.45, 7) is 9.70. The summed E-state index contributed by atoms with van der Waals surface area (Å²) in [7, 11) is 1.59. The molecule has 0 saturated carbocycles. The summed E-state index contributed by atoms with van der Waals surface area (Å²) in [5.74, 6) is 1.57. The van der Waals surface area contributed by atoms with Crippen LogP contribution in [0.25, 0.3) is 0 Å². The fraction of sp³-hybridized carbons (Fsp3) is 0.500. The first-order valence-electron chi connectivity index (χ1n) is 7.91. The van der Waals surface area contributed by atoms with Crippen LogP contribution in [0, 0.1) is 0 Å². The highest BCUT2D eigenvalue weighted by atomic mass is 16.5. The van der Waals surface area contributed by atoms with Crippen LogP contribution in [0.1, 0.15) is 51.9 Å². The van der Waals surface area contributed by atoms with Crippen molar-refractivity contribution in [2.24, 2.45) is 0 Å². The van der Waals surface area contributed by atoms with Gasteiger partial charge in [0.15, 0.2) is 5.82 Å². The second kappa shape index (κ2) is 6.63. The minimum atomic E-state index is -0.730. The minimum absolute atomic E-state index is 0.133. The van der Waals surface area contributed by atoms with Gasteiger partial charge in [0.05, 0.1) is 19.1 Å². The minimum Gasteiger partial charge on any atom is -0.496 e. The molecule has 6 nitrogen and oxygen atoms in total. The van der Waals surface area contributed by atoms with Crippen LogP contribution >= 0.6 is 0 Å². The largest absolute Gasteiger partial charge is 0.496 e. The number of rotatable bonds is 5. The van der Waals surface area contributed by atoms with Crippen molar-refractivity contribution in [3.05, 3.63) is 41.5 Å². The predicted octanol–water partition coefficient (Wildman–Crippen LogP) is 2.97. The average molecular weight is 331 g/mol. The zero-order chi connectivity index (χ0) is 18.0. The Morgan fingerprint density at radius 3 is 2.46 bits per heavy atom. The van der Waals surface area contributed by atoms with Crippen molar-refractivity contribution in [3.63, 3.8) is 0 Å². The normalized spacial score (nSPS) is 12.1. The molecular weight excluding hydrogens is 306 g/mol. The Morgan fingerprint density at radius 2 is 1.88 bits per heavy atom. The number of benzene rings is 1. The zero-order valence-electron chi connectivity index (χ0n) is 15.1. The number of hydrogen-bond donors (Lipinski definition) is 1. The Balaban J connectivity index is 2.11. The first-order valence-corrected chi connectivity index (χ1v) is 7.91. The molecule has 0 fully saturated rings. The number of amides is 1. The molecule has 1 heterocycles. The summed E-state index contributed by atoms with van der Waals surface area (Å²) in [6.07, 6.45) is 0.220. The van der Waals surface area contributed by atoms with Gasteiger partial charge in [0.1, 0.15) is 5.75 Å². The van der Waals surface area contributed by atoms with Gasteiger partial charge in [-0.2, -0.15) is 4.98 Å². The predicted molar refractivity (Wildman–Crippen MR) is 90.9 cm³/mol. The summed E-state index contributed by atoms with van der Waals surface area (Å²) in [6, 6.07) is 7.46. The van der Waals surface area contributed by atoms with Gasteiger partial charge in [0, 0.05) is 11.0 Å². The number of carbonyl (C=O) groups is 1. The average Bonchev–Trinajstić information content (AvgIpc) is 2.98. The van der Waals surface area contributed by atoms with E-state index in [2.05, 4.69) is 15.5 Å². The molecule has 6 heteroatoms. The first-order chi connectivity index (χ1) is 11.1. The Morgan fingerprint density at radius 1 is 1.21 bits per heavy atom. The number of hydrogen-bond acceptors (Lipinski definition) is 5. The van der Waals surface area contributed by atoms with Gasteiger partial charge in [-0.25, -0.2) is 0 Å². The molecule has 0 saturated heterocycles. The van der Waals surface area contributed by atoms with E-state index >= 15 is 0 Å². The SMILES string of the molecule is COc1ccccc1CC(=O)NC(C)(C)c1noc(C(C)(C)C)n1. The van der Waals surface area contributed by atoms with Crippen LogP contribution in [0.3, 0.4) is 0 Å². The van der Waals surface area contributed by atoms with E-state index < -0.39 is 5.54 Å². The zero-order valence-corrected chi connectivity index (χ0v) is 15.1. The number of nitrogens with one attached hydrogen (secondary N) is 1. The van der Waals surface area contributed by atoms with Crippen molar-refractivity contribution < 1.29 is 14.1 Å². The molecule has 1 aromatic carbocycles. The topological polar surface area (TPSA) is 77.2 Å². The van der Waals surface area contributed by atoms with Crippen LogP contribution < -0.4 is 10.1 Å². The summed E-state index contributed by atoms with van der Waals surface area (Å²) in [4.78, 5) is 16.9. The van der Waals surface area contributed by atoms with E-state index in [4.69, 9.17) is 9.26 Å². The van der Waals surface area contributed by atoms with Gasteiger partial charge < -0.3 is 14.6 Å². The maximum atomic E-state index is 12.4. The van der Waals surface area contributed by atoms with E-state index in [1.54, 1.807) is 7.11 Å². The van der Waals surface area contributed by atoms with Crippen molar-refractivity contribution in [2.45, 2.75) is 52.0 Å². The summed E-state index contributed by atoms with van der Waals surface area (Å²) in [5.41, 5.74) is -0.133. The van der Waals surface area contributed by atoms with Crippen molar-refractivity contribution in [1.29, 1.82) is 0 Å². The number of methoxy groups -OCH3 is 1. The fourth-order valence-electron chi connectivity index (χ4n) is 2.25. The second-order valence-electron chi connectivity index (χ2n) is 7.33. The van der Waals surface area contributed by atoms with Crippen LogP contribution in [0.15, 0.2) is 28.8 Å². The number of nitrogens with zero attached hydrogens (tertiary/aromatic N) is 2. The summed E-state index contributed by atoms with van der Waals surface area (Å²) < 4.78 is 10.6. The maximum Gasteiger partial charge on any atom is 0.232 e. The van der Waals surface area contributed by atoms with Gasteiger partial charge >= 0.3 is 0 Å². The van der Waals surface area contributed by atoms with Crippen LogP contribution in [-0.2, 0) is 22.2 Å². The van der Waals surface area contributed by atoms with Crippen LogP contribution in [0.2, 0.25) is 0 Å². The Hall–Kier alpha value is -2.37. The molecule has 130 valence electrons. The van der Waals surface area contributed by atoms with E-state index in [-0.39, 0.29) is 17.7 Å². The molecule has 1 aromatic heterocycles. The highest BCUT2D eigenvalue weighted by Gasteiger charge is 2.31. The lowest BCUT2D eigenvalue weighted by molar-refractivity contribution is -0.122. The number of aromatic nitrogens is 2. The molecule has 2 rings (SSSR count). The van der Waals surface area contributed by atoms with E-state index in [1.807, 2.05) is 58.9 Å². The standard InChI is InChI=1S/C18H25N3O3/c1-17(2,3)16-19-15(21-24-16)18(4,5)20-14(22)11-12-9-7-8-10-13(12)23-6/h7-10H,11H2,1-6H3,(H,20,22). The fourth-order valence-corrected chi connectivity index (χ4v) is 2.25. The molecule has 0 aliphatic heterocycles. The van der Waals surface area contributed by atoms with Crippen molar-refractivity contribution in [3.8, 4) is 5.75 Å². The number of ether oxygens (including phenoxy) is 1. The van der Waals surface area contributed by atoms with Gasteiger partial charge in [0.2, 0.25) is 11.8 Å². The molecule has 1 N–H and O–H groups in total. The third kappa shape index (κ3) is 4.13. The van der Waals surface area contributed by atoms with Gasteiger partial charge in [0.25, 0.3) is 0 Å². The van der Waals surface area contributed by atoms with Crippen molar-refractivity contribution in [2.75, 3.05) is 7.11 Å². The lowest BCUT2D eigenvalue weighted by atomic mass is 9.97. The Labute approximate surface area is 142 Å². The summed E-state index contributed by atoms with van der Waals surface area (Å²) >= 11 is 0. The maximum absolute atomic E-state index is 12.4. The molecule has 0 radical (unpaired) electrons. The summed E-state index contributed by atoms with van der Waals surface area (Å²) in [5, 5.41) is 6.98. The molecule has 1 amide bonds. The number of para-hydroxylation sites is 1. The quantitative estimate of drug-likeness (QED) is 0.911. The first kappa shape index (κ1) is 18.0. The highest BCUT2D eigenvalue weighted by molar-refractivity contribution is 5.80. The lowest BCUT2D eigenvalue weighted by Crippen LogP contribution is -2.42. The van der Waals surface area contributed by atoms with Gasteiger partial charge in [-0.05, 0) is 19.9 Å². The molecule has 0 bridgehead atoms. The van der Waals surface area contributed by atoms with E-state index in [9.17, 15) is 4.79 Å². The van der Waals surface area contributed by atoms with Gasteiger partial charge in [-0.3, -0.25) is 4.79 Å². The van der Waals surface area contributed by atoms with Crippen molar-refractivity contribution in [1.82, 2.24) is 15.5 Å². The highest BCUT2D eigenvalue weighted by Crippen LogP contribution is 2.24. The molecule has 0 aliphatic carbocycles. The second-order valence-corrected chi connectivity index (χ2v) is 7.33. The van der Waals surface area contributed by atoms with E-state index in [1.165, 1.54) is 0 Å². The van der Waals surface area contributed by atoms with Crippen LogP contribution in [0.5, 0.6) is 5.75 Å². The Kier molecular flexibility index (Phi) is 4.96. The molecule has 2 aromatic rings. The smallest absolute Gasteiger partial charge is 0.232 e. The van der Waals surface area contributed by atoms with Crippen molar-refractivity contribution >= 4 is 5.91 Å².